The maximum atomic E-state index is 11.1. The molecule has 0 aliphatic heterocycles. The number of aliphatic carboxylic acids is 1. The van der Waals surface area contributed by atoms with Crippen LogP contribution in [0.3, 0.4) is 0 Å². The zero-order valence-electron chi connectivity index (χ0n) is 8.65. The normalized spacial score (nSPS) is 23.6. The third kappa shape index (κ3) is 5.20. The first-order chi connectivity index (χ1) is 7.18. The van der Waals surface area contributed by atoms with Crippen LogP contribution in [-0.2, 0) is 14.3 Å². The van der Waals surface area contributed by atoms with E-state index < -0.39 is 18.4 Å². The van der Waals surface area contributed by atoms with Gasteiger partial charge in [0.25, 0.3) is 0 Å². The Morgan fingerprint density at radius 2 is 2.00 bits per heavy atom. The van der Waals surface area contributed by atoms with Crippen LogP contribution in [0.5, 0.6) is 0 Å². The van der Waals surface area contributed by atoms with Gasteiger partial charge in [0.15, 0.2) is 0 Å². The van der Waals surface area contributed by atoms with Gasteiger partial charge in [0.2, 0.25) is 0 Å². The highest BCUT2D eigenvalue weighted by Crippen LogP contribution is 2.15. The lowest BCUT2D eigenvalue weighted by molar-refractivity contribution is -0.155. The van der Waals surface area contributed by atoms with E-state index in [0.717, 1.165) is 32.1 Å². The van der Waals surface area contributed by atoms with Crippen LogP contribution in [0.2, 0.25) is 0 Å². The van der Waals surface area contributed by atoms with E-state index in [9.17, 15) is 9.59 Å². The first-order valence-corrected chi connectivity index (χ1v) is 5.25. The number of esters is 1. The molecule has 4 heteroatoms. The zero-order chi connectivity index (χ0) is 11.1. The fraction of sp³-hybridized carbons (Fsp3) is 0.636. The van der Waals surface area contributed by atoms with Crippen molar-refractivity contribution in [2.24, 2.45) is 0 Å². The van der Waals surface area contributed by atoms with E-state index in [-0.39, 0.29) is 6.10 Å². The Bertz CT molecular complexity index is 257. The molecule has 0 amide bonds. The molecule has 84 valence electrons. The van der Waals surface area contributed by atoms with Crippen LogP contribution in [0.1, 0.15) is 38.5 Å². The molecule has 0 heterocycles. The minimum atomic E-state index is -1.13. The van der Waals surface area contributed by atoms with Crippen molar-refractivity contribution in [2.45, 2.75) is 44.6 Å². The van der Waals surface area contributed by atoms with E-state index in [1.54, 1.807) is 0 Å². The smallest absolute Gasteiger partial charge is 0.317 e. The molecule has 1 atom stereocenters. The summed E-state index contributed by atoms with van der Waals surface area (Å²) in [5, 5.41) is 8.40. The number of hydrogen-bond acceptors (Lipinski definition) is 3. The third-order valence-electron chi connectivity index (χ3n) is 2.31. The van der Waals surface area contributed by atoms with Gasteiger partial charge in [0.05, 0.1) is 0 Å². The Labute approximate surface area is 88.9 Å². The van der Waals surface area contributed by atoms with Crippen LogP contribution < -0.4 is 0 Å². The second-order valence-electron chi connectivity index (χ2n) is 3.66. The number of carboxylic acids is 1. The quantitative estimate of drug-likeness (QED) is 0.441. The molecular weight excluding hydrogens is 196 g/mol. The molecule has 0 fully saturated rings. The molecule has 0 spiro atoms. The summed E-state index contributed by atoms with van der Waals surface area (Å²) < 4.78 is 5.08. The fourth-order valence-electron chi connectivity index (χ4n) is 1.59. The van der Waals surface area contributed by atoms with Gasteiger partial charge in [-0.2, -0.15) is 0 Å². The van der Waals surface area contributed by atoms with Crippen LogP contribution in [-0.4, -0.2) is 23.1 Å². The van der Waals surface area contributed by atoms with E-state index in [1.165, 1.54) is 0 Å². The number of rotatable bonds is 3. The summed E-state index contributed by atoms with van der Waals surface area (Å²) in [6, 6.07) is 0. The third-order valence-corrected chi connectivity index (χ3v) is 2.31. The van der Waals surface area contributed by atoms with Gasteiger partial charge in [-0.15, -0.1) is 0 Å². The minimum absolute atomic E-state index is 0.109. The number of carbonyl (C=O) groups excluding carboxylic acids is 1. The van der Waals surface area contributed by atoms with Crippen molar-refractivity contribution >= 4 is 11.9 Å². The van der Waals surface area contributed by atoms with Gasteiger partial charge in [-0.05, 0) is 32.1 Å². The van der Waals surface area contributed by atoms with Gasteiger partial charge < -0.3 is 9.84 Å². The molecule has 0 aromatic carbocycles. The summed E-state index contributed by atoms with van der Waals surface area (Å²) in [4.78, 5) is 21.4. The van der Waals surface area contributed by atoms with Crippen molar-refractivity contribution in [1.29, 1.82) is 0 Å². The van der Waals surface area contributed by atoms with E-state index in [0.29, 0.717) is 0 Å². The lowest BCUT2D eigenvalue weighted by atomic mass is 10.0. The Morgan fingerprint density at radius 1 is 1.27 bits per heavy atom. The zero-order valence-corrected chi connectivity index (χ0v) is 8.65. The maximum Gasteiger partial charge on any atom is 0.317 e. The summed E-state index contributed by atoms with van der Waals surface area (Å²) in [6.45, 7) is 0. The predicted octanol–water partition coefficient (Wildman–Crippen LogP) is 1.89. The molecule has 1 N–H and O–H groups in total. The van der Waals surface area contributed by atoms with Crippen molar-refractivity contribution in [1.82, 2.24) is 0 Å². The Hall–Kier alpha value is -1.32. The molecule has 15 heavy (non-hydrogen) atoms. The van der Waals surface area contributed by atoms with Crippen LogP contribution >= 0.6 is 0 Å². The molecule has 0 bridgehead atoms. The molecule has 1 unspecified atom stereocenters. The molecule has 0 saturated carbocycles. The number of hydrogen-bond donors (Lipinski definition) is 1. The Kier molecular flexibility index (Phi) is 4.87. The van der Waals surface area contributed by atoms with Crippen molar-refractivity contribution in [3.63, 3.8) is 0 Å². The molecular formula is C11H16O4. The van der Waals surface area contributed by atoms with Crippen molar-refractivity contribution in [3.8, 4) is 0 Å². The van der Waals surface area contributed by atoms with E-state index >= 15 is 0 Å². The van der Waals surface area contributed by atoms with Gasteiger partial charge in [0, 0.05) is 0 Å². The number of allylic oxidation sites excluding steroid dienone is 2. The molecule has 0 aromatic rings. The van der Waals surface area contributed by atoms with Crippen LogP contribution in [0.25, 0.3) is 0 Å². The van der Waals surface area contributed by atoms with E-state index in [4.69, 9.17) is 9.84 Å². The monoisotopic (exact) mass is 212 g/mol. The van der Waals surface area contributed by atoms with Crippen LogP contribution in [0.15, 0.2) is 12.2 Å². The molecule has 1 aliphatic rings. The second-order valence-corrected chi connectivity index (χ2v) is 3.66. The predicted molar refractivity (Wildman–Crippen MR) is 54.4 cm³/mol. The highest BCUT2D eigenvalue weighted by molar-refractivity contribution is 5.90. The van der Waals surface area contributed by atoms with Crippen molar-refractivity contribution < 1.29 is 19.4 Å². The Balaban J connectivity index is 2.32. The van der Waals surface area contributed by atoms with Gasteiger partial charge in [-0.1, -0.05) is 12.2 Å². The topological polar surface area (TPSA) is 63.6 Å². The van der Waals surface area contributed by atoms with Crippen molar-refractivity contribution in [2.75, 3.05) is 0 Å². The molecule has 0 aromatic heterocycles. The van der Waals surface area contributed by atoms with Gasteiger partial charge in [0.1, 0.15) is 12.5 Å². The lowest BCUT2D eigenvalue weighted by Gasteiger charge is -2.17. The van der Waals surface area contributed by atoms with Gasteiger partial charge in [-0.3, -0.25) is 9.59 Å². The molecule has 1 aliphatic carbocycles. The number of carboxylic acid groups (broad SMARTS) is 1. The van der Waals surface area contributed by atoms with Crippen LogP contribution in [0, 0.1) is 0 Å². The summed E-state index contributed by atoms with van der Waals surface area (Å²) >= 11 is 0. The largest absolute Gasteiger partial charge is 0.481 e. The van der Waals surface area contributed by atoms with E-state index in [2.05, 4.69) is 12.2 Å². The lowest BCUT2D eigenvalue weighted by Crippen LogP contribution is -2.20. The van der Waals surface area contributed by atoms with E-state index in [1.807, 2.05) is 0 Å². The molecule has 1 rings (SSSR count). The first-order valence-electron chi connectivity index (χ1n) is 5.25. The highest BCUT2D eigenvalue weighted by Gasteiger charge is 2.16. The first kappa shape index (κ1) is 11.8. The SMILES string of the molecule is O=C(O)CC(=O)OC1CC/C=C\CCC1. The minimum Gasteiger partial charge on any atom is -0.481 e. The standard InChI is InChI=1S/C11H16O4/c12-10(13)8-11(14)15-9-6-4-2-1-3-5-7-9/h1-2,9H,3-8H2,(H,12,13)/b2-1-. The number of ether oxygens (including phenoxy) is 1. The average Bonchev–Trinajstić information content (AvgIpc) is 2.08. The molecule has 4 nitrogen and oxygen atoms in total. The number of carbonyl (C=O) groups is 2. The second kappa shape index (κ2) is 6.22. The van der Waals surface area contributed by atoms with Crippen molar-refractivity contribution in [3.05, 3.63) is 12.2 Å². The highest BCUT2D eigenvalue weighted by atomic mass is 16.5. The Morgan fingerprint density at radius 3 is 2.73 bits per heavy atom. The summed E-state index contributed by atoms with van der Waals surface area (Å²) in [5.41, 5.74) is 0. The average molecular weight is 212 g/mol. The summed E-state index contributed by atoms with van der Waals surface area (Å²) in [7, 11) is 0. The molecule has 0 saturated heterocycles. The maximum absolute atomic E-state index is 11.1. The van der Waals surface area contributed by atoms with Crippen LogP contribution in [0.4, 0.5) is 0 Å². The summed E-state index contributed by atoms with van der Waals surface area (Å²) in [6.07, 6.45) is 8.08. The van der Waals surface area contributed by atoms with Gasteiger partial charge in [-0.25, -0.2) is 0 Å². The molecule has 0 radical (unpaired) electrons. The summed E-state index contributed by atoms with van der Waals surface area (Å²) in [5.74, 6) is -1.76. The fourth-order valence-corrected chi connectivity index (χ4v) is 1.59. The van der Waals surface area contributed by atoms with Gasteiger partial charge >= 0.3 is 11.9 Å².